The number of carboxylic acids is 1. The molecule has 1 saturated carbocycles. The van der Waals surface area contributed by atoms with Gasteiger partial charge in [0, 0.05) is 16.4 Å². The minimum Gasteiger partial charge on any atom is -0.481 e. The number of thioether (sulfide) groups is 1. The fraction of sp³-hybridized carbons (Fsp3) is 0.467. The molecule has 1 aliphatic carbocycles. The summed E-state index contributed by atoms with van der Waals surface area (Å²) in [5.74, 6) is -1.15. The van der Waals surface area contributed by atoms with Gasteiger partial charge in [-0.15, -0.1) is 11.8 Å². The Kier molecular flexibility index (Phi) is 4.64. The molecule has 0 saturated heterocycles. The Morgan fingerprint density at radius 2 is 1.89 bits per heavy atom. The molecular weight excluding hydrogens is 260 g/mol. The van der Waals surface area contributed by atoms with Crippen molar-refractivity contribution < 1.29 is 14.7 Å². The van der Waals surface area contributed by atoms with E-state index in [1.807, 2.05) is 30.5 Å². The largest absolute Gasteiger partial charge is 0.481 e. The number of carbonyl (C=O) groups excluding carboxylic acids is 1. The molecule has 1 aromatic rings. The molecule has 0 aliphatic heterocycles. The minimum atomic E-state index is -0.768. The maximum absolute atomic E-state index is 12.5. The highest BCUT2D eigenvalue weighted by molar-refractivity contribution is 7.98. The number of Topliss-reactive ketones (excluding diaryl/α,β-unsaturated/α-hetero) is 1. The Balaban J connectivity index is 2.17. The molecule has 102 valence electrons. The number of rotatable bonds is 4. The molecule has 19 heavy (non-hydrogen) atoms. The average Bonchev–Trinajstić information content (AvgIpc) is 2.46. The van der Waals surface area contributed by atoms with Crippen LogP contribution in [0.1, 0.15) is 36.0 Å². The molecule has 1 fully saturated rings. The van der Waals surface area contributed by atoms with Gasteiger partial charge in [0.2, 0.25) is 0 Å². The quantitative estimate of drug-likeness (QED) is 0.676. The van der Waals surface area contributed by atoms with E-state index in [1.165, 1.54) is 0 Å². The van der Waals surface area contributed by atoms with Crippen molar-refractivity contribution in [2.75, 3.05) is 6.26 Å². The third-order valence-electron chi connectivity index (χ3n) is 3.77. The predicted molar refractivity (Wildman–Crippen MR) is 75.6 cm³/mol. The molecule has 2 atom stereocenters. The molecule has 1 aromatic carbocycles. The third kappa shape index (κ3) is 3.18. The average molecular weight is 278 g/mol. The summed E-state index contributed by atoms with van der Waals surface area (Å²) in [6.07, 6.45) is 4.77. The lowest BCUT2D eigenvalue weighted by Gasteiger charge is -2.26. The lowest BCUT2D eigenvalue weighted by Crippen LogP contribution is -2.27. The summed E-state index contributed by atoms with van der Waals surface area (Å²) in [5, 5.41) is 9.09. The number of aliphatic carboxylic acids is 1. The molecule has 0 radical (unpaired) electrons. The van der Waals surface area contributed by atoms with E-state index in [9.17, 15) is 9.59 Å². The van der Waals surface area contributed by atoms with E-state index in [2.05, 4.69) is 0 Å². The van der Waals surface area contributed by atoms with Crippen molar-refractivity contribution in [2.24, 2.45) is 11.8 Å². The first kappa shape index (κ1) is 14.1. The van der Waals surface area contributed by atoms with Gasteiger partial charge in [-0.3, -0.25) is 9.59 Å². The number of carboxylic acid groups (broad SMARTS) is 1. The van der Waals surface area contributed by atoms with Crippen molar-refractivity contribution in [1.82, 2.24) is 0 Å². The van der Waals surface area contributed by atoms with E-state index in [4.69, 9.17) is 5.11 Å². The molecule has 3 nitrogen and oxygen atoms in total. The number of hydrogen-bond acceptors (Lipinski definition) is 3. The third-order valence-corrected chi connectivity index (χ3v) is 4.56. The van der Waals surface area contributed by atoms with Crippen molar-refractivity contribution in [1.29, 1.82) is 0 Å². The van der Waals surface area contributed by atoms with Crippen molar-refractivity contribution in [2.45, 2.75) is 30.6 Å². The Morgan fingerprint density at radius 3 is 2.58 bits per heavy atom. The van der Waals surface area contributed by atoms with E-state index in [-0.39, 0.29) is 17.6 Å². The first-order valence-electron chi connectivity index (χ1n) is 6.53. The highest BCUT2D eigenvalue weighted by Gasteiger charge is 2.32. The SMILES string of the molecule is CSc1ccccc1C(=O)[C@H]1CCC[C@@H](C(=O)O)C1. The van der Waals surface area contributed by atoms with Crippen LogP contribution in [0.5, 0.6) is 0 Å². The molecule has 0 amide bonds. The first-order chi connectivity index (χ1) is 9.13. The van der Waals surface area contributed by atoms with Gasteiger partial charge < -0.3 is 5.11 Å². The number of hydrogen-bond donors (Lipinski definition) is 1. The van der Waals surface area contributed by atoms with Crippen LogP contribution in [0.3, 0.4) is 0 Å². The molecular formula is C15H18O3S. The summed E-state index contributed by atoms with van der Waals surface area (Å²) in [7, 11) is 0. The monoisotopic (exact) mass is 278 g/mol. The van der Waals surface area contributed by atoms with Crippen LogP contribution in [0.25, 0.3) is 0 Å². The van der Waals surface area contributed by atoms with Crippen molar-refractivity contribution in [3.63, 3.8) is 0 Å². The maximum atomic E-state index is 12.5. The van der Waals surface area contributed by atoms with Gasteiger partial charge in [0.05, 0.1) is 5.92 Å². The zero-order chi connectivity index (χ0) is 13.8. The second kappa shape index (κ2) is 6.24. The lowest BCUT2D eigenvalue weighted by atomic mass is 9.78. The van der Waals surface area contributed by atoms with Gasteiger partial charge in [-0.2, -0.15) is 0 Å². The number of ketones is 1. The van der Waals surface area contributed by atoms with Gasteiger partial charge in [-0.25, -0.2) is 0 Å². The van der Waals surface area contributed by atoms with Crippen LogP contribution in [0.15, 0.2) is 29.2 Å². The van der Waals surface area contributed by atoms with Crippen LogP contribution < -0.4 is 0 Å². The Morgan fingerprint density at radius 1 is 1.21 bits per heavy atom. The topological polar surface area (TPSA) is 54.4 Å². The summed E-state index contributed by atoms with van der Waals surface area (Å²) in [5.41, 5.74) is 0.742. The summed E-state index contributed by atoms with van der Waals surface area (Å²) in [6, 6.07) is 7.57. The van der Waals surface area contributed by atoms with Crippen molar-refractivity contribution in [3.8, 4) is 0 Å². The second-order valence-electron chi connectivity index (χ2n) is 4.96. The van der Waals surface area contributed by atoms with Crippen LogP contribution >= 0.6 is 11.8 Å². The summed E-state index contributed by atoms with van der Waals surface area (Å²) < 4.78 is 0. The molecule has 0 bridgehead atoms. The maximum Gasteiger partial charge on any atom is 0.306 e. The van der Waals surface area contributed by atoms with Crippen LogP contribution in [-0.2, 0) is 4.79 Å². The van der Waals surface area contributed by atoms with E-state index in [0.717, 1.165) is 23.3 Å². The number of carbonyl (C=O) groups is 2. The minimum absolute atomic E-state index is 0.107. The molecule has 2 rings (SSSR count). The smallest absolute Gasteiger partial charge is 0.306 e. The Labute approximate surface area is 117 Å². The highest BCUT2D eigenvalue weighted by Crippen LogP contribution is 2.33. The summed E-state index contributed by atoms with van der Waals surface area (Å²) in [6.45, 7) is 0. The fourth-order valence-corrected chi connectivity index (χ4v) is 3.32. The normalized spacial score (nSPS) is 23.0. The van der Waals surface area contributed by atoms with Crippen LogP contribution in [0, 0.1) is 11.8 Å². The van der Waals surface area contributed by atoms with Crippen molar-refractivity contribution >= 4 is 23.5 Å². The van der Waals surface area contributed by atoms with Crippen LogP contribution in [0.4, 0.5) is 0 Å². The lowest BCUT2D eigenvalue weighted by molar-refractivity contribution is -0.143. The molecule has 1 aliphatic rings. The van der Waals surface area contributed by atoms with Gasteiger partial charge in [0.1, 0.15) is 0 Å². The molecule has 0 unspecified atom stereocenters. The summed E-state index contributed by atoms with van der Waals surface area (Å²) in [4.78, 5) is 24.6. The zero-order valence-corrected chi connectivity index (χ0v) is 11.8. The summed E-state index contributed by atoms with van der Waals surface area (Å²) >= 11 is 1.56. The van der Waals surface area contributed by atoms with Crippen LogP contribution in [-0.4, -0.2) is 23.1 Å². The number of benzene rings is 1. The van der Waals surface area contributed by atoms with E-state index in [1.54, 1.807) is 11.8 Å². The predicted octanol–water partition coefficient (Wildman–Crippen LogP) is 3.48. The van der Waals surface area contributed by atoms with Gasteiger partial charge in [-0.1, -0.05) is 24.6 Å². The molecule has 0 aromatic heterocycles. The van der Waals surface area contributed by atoms with Gasteiger partial charge >= 0.3 is 5.97 Å². The van der Waals surface area contributed by atoms with E-state index >= 15 is 0 Å². The first-order valence-corrected chi connectivity index (χ1v) is 7.76. The van der Waals surface area contributed by atoms with E-state index < -0.39 is 5.97 Å². The second-order valence-corrected chi connectivity index (χ2v) is 5.81. The zero-order valence-electron chi connectivity index (χ0n) is 11.0. The van der Waals surface area contributed by atoms with Gasteiger partial charge in [-0.05, 0) is 31.6 Å². The fourth-order valence-electron chi connectivity index (χ4n) is 2.72. The molecule has 4 heteroatoms. The molecule has 0 spiro atoms. The van der Waals surface area contributed by atoms with Crippen LogP contribution in [0.2, 0.25) is 0 Å². The standard InChI is InChI=1S/C15H18O3S/c1-19-13-8-3-2-7-12(13)14(16)10-5-4-6-11(9-10)15(17)18/h2-3,7-8,10-11H,4-6,9H2,1H3,(H,17,18)/t10-,11+/m0/s1. The highest BCUT2D eigenvalue weighted by atomic mass is 32.2. The Hall–Kier alpha value is -1.29. The molecule has 0 heterocycles. The Bertz CT molecular complexity index is 484. The van der Waals surface area contributed by atoms with E-state index in [0.29, 0.717) is 12.8 Å². The van der Waals surface area contributed by atoms with Gasteiger partial charge in [0.25, 0.3) is 0 Å². The molecule has 1 N–H and O–H groups in total. The van der Waals surface area contributed by atoms with Gasteiger partial charge in [0.15, 0.2) is 5.78 Å². The van der Waals surface area contributed by atoms with Crippen molar-refractivity contribution in [3.05, 3.63) is 29.8 Å².